The summed E-state index contributed by atoms with van der Waals surface area (Å²) in [5.41, 5.74) is 2.95. The zero-order valence-corrected chi connectivity index (χ0v) is 14.1. The summed E-state index contributed by atoms with van der Waals surface area (Å²) >= 11 is 0. The van der Waals surface area contributed by atoms with Gasteiger partial charge in [0.1, 0.15) is 24.5 Å². The first-order chi connectivity index (χ1) is 12.9. The third-order valence-corrected chi connectivity index (χ3v) is 4.60. The first kappa shape index (κ1) is 14.9. The molecule has 6 heteroatoms. The highest BCUT2D eigenvalue weighted by Gasteiger charge is 2.20. The molecule has 5 rings (SSSR count). The van der Waals surface area contributed by atoms with Crippen molar-refractivity contribution in [1.29, 1.82) is 0 Å². The Balaban J connectivity index is 1.59. The van der Waals surface area contributed by atoms with Gasteiger partial charge < -0.3 is 9.64 Å². The molecule has 0 fully saturated rings. The zero-order chi connectivity index (χ0) is 17.3. The van der Waals surface area contributed by atoms with E-state index < -0.39 is 0 Å². The molecule has 1 aliphatic heterocycles. The average molecular weight is 343 g/mol. The van der Waals surface area contributed by atoms with E-state index in [9.17, 15) is 0 Å². The predicted molar refractivity (Wildman–Crippen MR) is 99.6 cm³/mol. The second-order valence-electron chi connectivity index (χ2n) is 6.20. The van der Waals surface area contributed by atoms with Crippen LogP contribution < -0.4 is 9.64 Å². The van der Waals surface area contributed by atoms with Crippen molar-refractivity contribution in [3.63, 3.8) is 0 Å². The fraction of sp³-hybridized carbons (Fsp3) is 0.150. The van der Waals surface area contributed by atoms with E-state index in [1.165, 1.54) is 0 Å². The monoisotopic (exact) mass is 343 g/mol. The first-order valence-corrected chi connectivity index (χ1v) is 8.60. The van der Waals surface area contributed by atoms with Crippen LogP contribution >= 0.6 is 0 Å². The molecule has 0 unspecified atom stereocenters. The molecule has 0 bridgehead atoms. The third-order valence-electron chi connectivity index (χ3n) is 4.60. The van der Waals surface area contributed by atoms with Crippen LogP contribution in [-0.2, 0) is 6.54 Å². The number of anilines is 1. The Kier molecular flexibility index (Phi) is 3.52. The van der Waals surface area contributed by atoms with E-state index in [2.05, 4.69) is 26.0 Å². The fourth-order valence-corrected chi connectivity index (χ4v) is 3.35. The summed E-state index contributed by atoms with van der Waals surface area (Å²) in [4.78, 5) is 11.3. The maximum atomic E-state index is 5.88. The van der Waals surface area contributed by atoms with Gasteiger partial charge in [0.25, 0.3) is 0 Å². The number of hydrogen-bond donors (Lipinski definition) is 0. The summed E-state index contributed by atoms with van der Waals surface area (Å²) in [6.45, 7) is 2.13. The van der Waals surface area contributed by atoms with E-state index in [1.807, 2.05) is 59.4 Å². The normalized spacial score (nSPS) is 13.9. The molecule has 0 spiro atoms. The molecule has 3 heterocycles. The Morgan fingerprint density at radius 2 is 1.77 bits per heavy atom. The standard InChI is InChI=1S/C20H17N5O/c1-2-7-16(8-3-1)25-20-17(12-23-25)19(21-14-22-20)24-10-11-26-18-9-5-4-6-15(18)13-24/h1-9,12,14H,10-11,13H2. The van der Waals surface area contributed by atoms with Crippen LogP contribution in [0.4, 0.5) is 5.82 Å². The van der Waals surface area contributed by atoms with E-state index >= 15 is 0 Å². The molecular weight excluding hydrogens is 326 g/mol. The smallest absolute Gasteiger partial charge is 0.168 e. The van der Waals surface area contributed by atoms with Crippen molar-refractivity contribution in [2.24, 2.45) is 0 Å². The maximum Gasteiger partial charge on any atom is 0.168 e. The van der Waals surface area contributed by atoms with Gasteiger partial charge in [-0.1, -0.05) is 36.4 Å². The molecule has 128 valence electrons. The van der Waals surface area contributed by atoms with Crippen LogP contribution in [0.15, 0.2) is 67.1 Å². The summed E-state index contributed by atoms with van der Waals surface area (Å²) in [7, 11) is 0. The van der Waals surface area contributed by atoms with Gasteiger partial charge in [-0.25, -0.2) is 14.6 Å². The molecular formula is C20H17N5O. The largest absolute Gasteiger partial charge is 0.491 e. The first-order valence-electron chi connectivity index (χ1n) is 8.60. The third kappa shape index (κ3) is 2.47. The van der Waals surface area contributed by atoms with E-state index in [4.69, 9.17) is 4.74 Å². The van der Waals surface area contributed by atoms with Gasteiger partial charge in [-0.15, -0.1) is 0 Å². The Bertz CT molecular complexity index is 1060. The predicted octanol–water partition coefficient (Wildman–Crippen LogP) is 3.21. The minimum absolute atomic E-state index is 0.620. The van der Waals surface area contributed by atoms with E-state index in [1.54, 1.807) is 6.33 Å². The number of hydrogen-bond acceptors (Lipinski definition) is 5. The molecule has 0 saturated heterocycles. The molecule has 0 radical (unpaired) electrons. The number of benzene rings is 2. The second-order valence-corrected chi connectivity index (χ2v) is 6.20. The highest BCUT2D eigenvalue weighted by molar-refractivity contribution is 5.87. The Hall–Kier alpha value is -3.41. The van der Waals surface area contributed by atoms with Gasteiger partial charge in [0, 0.05) is 12.1 Å². The molecule has 0 amide bonds. The Morgan fingerprint density at radius 3 is 2.69 bits per heavy atom. The number of fused-ring (bicyclic) bond motifs is 2. The highest BCUT2D eigenvalue weighted by Crippen LogP contribution is 2.29. The highest BCUT2D eigenvalue weighted by atomic mass is 16.5. The van der Waals surface area contributed by atoms with Crippen LogP contribution in [-0.4, -0.2) is 32.9 Å². The topological polar surface area (TPSA) is 56.1 Å². The van der Waals surface area contributed by atoms with E-state index in [-0.39, 0.29) is 0 Å². The lowest BCUT2D eigenvalue weighted by Gasteiger charge is -2.21. The molecule has 0 aliphatic carbocycles. The molecule has 0 saturated carbocycles. The molecule has 0 N–H and O–H groups in total. The van der Waals surface area contributed by atoms with Gasteiger partial charge in [0.2, 0.25) is 0 Å². The van der Waals surface area contributed by atoms with Crippen molar-refractivity contribution in [3.05, 3.63) is 72.7 Å². The number of aromatic nitrogens is 4. The van der Waals surface area contributed by atoms with Gasteiger partial charge in [-0.05, 0) is 18.2 Å². The van der Waals surface area contributed by atoms with Gasteiger partial charge in [-0.3, -0.25) is 0 Å². The Labute approximate surface area is 150 Å². The van der Waals surface area contributed by atoms with Gasteiger partial charge >= 0.3 is 0 Å². The van der Waals surface area contributed by atoms with Crippen LogP contribution in [0, 0.1) is 0 Å². The lowest BCUT2D eigenvalue weighted by Crippen LogP contribution is -2.26. The van der Waals surface area contributed by atoms with Crippen molar-refractivity contribution in [2.45, 2.75) is 6.54 Å². The molecule has 1 aliphatic rings. The van der Waals surface area contributed by atoms with Gasteiger partial charge in [0.05, 0.1) is 23.8 Å². The Morgan fingerprint density at radius 1 is 0.923 bits per heavy atom. The summed E-state index contributed by atoms with van der Waals surface area (Å²) < 4.78 is 7.73. The van der Waals surface area contributed by atoms with Crippen molar-refractivity contribution < 1.29 is 4.74 Å². The van der Waals surface area contributed by atoms with Gasteiger partial charge in [-0.2, -0.15) is 5.10 Å². The lowest BCUT2D eigenvalue weighted by molar-refractivity contribution is 0.331. The maximum absolute atomic E-state index is 5.88. The van der Waals surface area contributed by atoms with Crippen LogP contribution in [0.3, 0.4) is 0 Å². The van der Waals surface area contributed by atoms with E-state index in [0.717, 1.165) is 46.9 Å². The molecule has 6 nitrogen and oxygen atoms in total. The molecule has 2 aromatic heterocycles. The second kappa shape index (κ2) is 6.15. The number of ether oxygens (including phenoxy) is 1. The zero-order valence-electron chi connectivity index (χ0n) is 14.1. The lowest BCUT2D eigenvalue weighted by atomic mass is 10.2. The van der Waals surface area contributed by atoms with Crippen LogP contribution in [0.5, 0.6) is 5.75 Å². The summed E-state index contributed by atoms with van der Waals surface area (Å²) in [6, 6.07) is 18.2. The van der Waals surface area contributed by atoms with Crippen LogP contribution in [0.1, 0.15) is 5.56 Å². The SMILES string of the molecule is c1ccc(-n2ncc3c(N4CCOc5ccccc5C4)ncnc32)cc1. The van der Waals surface area contributed by atoms with Gasteiger partial charge in [0.15, 0.2) is 5.65 Å². The minimum atomic E-state index is 0.620. The molecule has 2 aromatic carbocycles. The summed E-state index contributed by atoms with van der Waals surface area (Å²) in [5, 5.41) is 5.49. The quantitative estimate of drug-likeness (QED) is 0.559. The molecule has 26 heavy (non-hydrogen) atoms. The van der Waals surface area contributed by atoms with Crippen molar-refractivity contribution >= 4 is 16.9 Å². The average Bonchev–Trinajstić information content (AvgIpc) is 3.01. The summed E-state index contributed by atoms with van der Waals surface area (Å²) in [5.74, 6) is 1.83. The molecule has 0 atom stereocenters. The fourth-order valence-electron chi connectivity index (χ4n) is 3.35. The summed E-state index contributed by atoms with van der Waals surface area (Å²) in [6.07, 6.45) is 3.45. The minimum Gasteiger partial charge on any atom is -0.491 e. The molecule has 4 aromatic rings. The number of para-hydroxylation sites is 2. The van der Waals surface area contributed by atoms with Crippen molar-refractivity contribution in [2.75, 3.05) is 18.1 Å². The van der Waals surface area contributed by atoms with Crippen LogP contribution in [0.25, 0.3) is 16.7 Å². The number of rotatable bonds is 2. The number of nitrogens with zero attached hydrogens (tertiary/aromatic N) is 5. The van der Waals surface area contributed by atoms with Crippen molar-refractivity contribution in [3.8, 4) is 11.4 Å². The van der Waals surface area contributed by atoms with Crippen LogP contribution in [0.2, 0.25) is 0 Å². The van der Waals surface area contributed by atoms with E-state index in [0.29, 0.717) is 6.61 Å². The van der Waals surface area contributed by atoms with Crippen molar-refractivity contribution in [1.82, 2.24) is 19.7 Å².